The summed E-state index contributed by atoms with van der Waals surface area (Å²) in [4.78, 5) is 14.8. The van der Waals surface area contributed by atoms with Gasteiger partial charge in [0.2, 0.25) is 0 Å². The lowest BCUT2D eigenvalue weighted by Crippen LogP contribution is -2.46. The fourth-order valence-electron chi connectivity index (χ4n) is 3.77. The molecule has 1 aliphatic heterocycles. The normalized spacial score (nSPS) is 16.9. The standard InChI is InChI=1S/C22H25F2NO2/c1-2-27-21(26)22(15-17-7-4-3-5-8-17)11-13-25(14-12-22)16-18-9-6-10-19(23)20(18)24/h3-10H,2,11-16H2,1H3. The highest BCUT2D eigenvalue weighted by Gasteiger charge is 2.42. The van der Waals surface area contributed by atoms with E-state index in [0.29, 0.717) is 51.1 Å². The molecule has 0 aliphatic carbocycles. The van der Waals surface area contributed by atoms with Crippen molar-refractivity contribution in [3.63, 3.8) is 0 Å². The number of hydrogen-bond donors (Lipinski definition) is 0. The topological polar surface area (TPSA) is 29.5 Å². The minimum absolute atomic E-state index is 0.162. The summed E-state index contributed by atoms with van der Waals surface area (Å²) in [6, 6.07) is 14.2. The SMILES string of the molecule is CCOC(=O)C1(Cc2ccccc2)CCN(Cc2cccc(F)c2F)CC1. The number of carbonyl (C=O) groups excluding carboxylic acids is 1. The molecule has 0 aromatic heterocycles. The lowest BCUT2D eigenvalue weighted by molar-refractivity contribution is -0.158. The van der Waals surface area contributed by atoms with Gasteiger partial charge in [0.05, 0.1) is 12.0 Å². The maximum atomic E-state index is 13.9. The smallest absolute Gasteiger partial charge is 0.312 e. The van der Waals surface area contributed by atoms with Crippen molar-refractivity contribution in [1.82, 2.24) is 4.90 Å². The van der Waals surface area contributed by atoms with Gasteiger partial charge >= 0.3 is 5.97 Å². The zero-order chi connectivity index (χ0) is 19.3. The molecule has 0 N–H and O–H groups in total. The Morgan fingerprint density at radius 2 is 1.78 bits per heavy atom. The number of rotatable bonds is 6. The monoisotopic (exact) mass is 373 g/mol. The highest BCUT2D eigenvalue weighted by molar-refractivity contribution is 5.77. The Bertz CT molecular complexity index is 771. The van der Waals surface area contributed by atoms with Crippen molar-refractivity contribution in [3.8, 4) is 0 Å². The molecule has 1 heterocycles. The maximum Gasteiger partial charge on any atom is 0.312 e. The maximum absolute atomic E-state index is 13.9. The van der Waals surface area contributed by atoms with Gasteiger partial charge in [-0.1, -0.05) is 42.5 Å². The highest BCUT2D eigenvalue weighted by atomic mass is 19.2. The molecule has 1 fully saturated rings. The van der Waals surface area contributed by atoms with E-state index in [-0.39, 0.29) is 5.97 Å². The number of benzene rings is 2. The van der Waals surface area contributed by atoms with Crippen LogP contribution in [0.1, 0.15) is 30.9 Å². The molecule has 3 rings (SSSR count). The molecule has 2 aromatic carbocycles. The summed E-state index contributed by atoms with van der Waals surface area (Å²) >= 11 is 0. The van der Waals surface area contributed by atoms with Crippen molar-refractivity contribution >= 4 is 5.97 Å². The van der Waals surface area contributed by atoms with E-state index in [0.717, 1.165) is 11.6 Å². The van der Waals surface area contributed by atoms with Crippen LogP contribution in [0.2, 0.25) is 0 Å². The number of hydrogen-bond acceptors (Lipinski definition) is 3. The van der Waals surface area contributed by atoms with E-state index in [1.54, 1.807) is 6.07 Å². The molecule has 1 saturated heterocycles. The third-order valence-corrected chi connectivity index (χ3v) is 5.33. The minimum atomic E-state index is -0.825. The van der Waals surface area contributed by atoms with Gasteiger partial charge in [-0.05, 0) is 50.9 Å². The number of piperidine rings is 1. The molecule has 0 bridgehead atoms. The van der Waals surface area contributed by atoms with E-state index in [4.69, 9.17) is 4.74 Å². The fourth-order valence-corrected chi connectivity index (χ4v) is 3.77. The van der Waals surface area contributed by atoms with E-state index < -0.39 is 17.0 Å². The zero-order valence-electron chi connectivity index (χ0n) is 15.6. The minimum Gasteiger partial charge on any atom is -0.466 e. The molecule has 0 amide bonds. The van der Waals surface area contributed by atoms with E-state index in [2.05, 4.69) is 4.90 Å². The average Bonchev–Trinajstić information content (AvgIpc) is 2.68. The number of halogens is 2. The Morgan fingerprint density at radius 1 is 1.07 bits per heavy atom. The molecule has 1 aliphatic rings. The molecule has 0 saturated carbocycles. The molecular weight excluding hydrogens is 348 g/mol. The van der Waals surface area contributed by atoms with Crippen molar-refractivity contribution in [1.29, 1.82) is 0 Å². The molecule has 0 unspecified atom stereocenters. The lowest BCUT2D eigenvalue weighted by atomic mass is 9.73. The Balaban J connectivity index is 1.71. The van der Waals surface area contributed by atoms with Crippen molar-refractivity contribution in [2.24, 2.45) is 5.41 Å². The van der Waals surface area contributed by atoms with E-state index in [1.165, 1.54) is 6.07 Å². The molecule has 0 radical (unpaired) electrons. The summed E-state index contributed by atoms with van der Waals surface area (Å²) in [5.41, 5.74) is 0.894. The average molecular weight is 373 g/mol. The third-order valence-electron chi connectivity index (χ3n) is 5.33. The molecule has 0 spiro atoms. The van der Waals surface area contributed by atoms with Gasteiger partial charge in [-0.15, -0.1) is 0 Å². The molecule has 5 heteroatoms. The quantitative estimate of drug-likeness (QED) is 0.705. The molecular formula is C22H25F2NO2. The van der Waals surface area contributed by atoms with Gasteiger partial charge in [-0.25, -0.2) is 8.78 Å². The van der Waals surface area contributed by atoms with Crippen molar-refractivity contribution in [2.75, 3.05) is 19.7 Å². The van der Waals surface area contributed by atoms with E-state index in [1.807, 2.05) is 37.3 Å². The molecule has 27 heavy (non-hydrogen) atoms. The van der Waals surface area contributed by atoms with Crippen LogP contribution < -0.4 is 0 Å². The molecule has 144 valence electrons. The Labute approximate surface area is 158 Å². The first-order valence-electron chi connectivity index (χ1n) is 9.40. The molecule has 0 atom stereocenters. The number of esters is 1. The van der Waals surface area contributed by atoms with Gasteiger partial charge < -0.3 is 4.74 Å². The van der Waals surface area contributed by atoms with Gasteiger partial charge in [0, 0.05) is 12.1 Å². The van der Waals surface area contributed by atoms with Gasteiger partial charge in [0.15, 0.2) is 11.6 Å². The Kier molecular flexibility index (Phi) is 6.22. The van der Waals surface area contributed by atoms with Crippen LogP contribution in [0.4, 0.5) is 8.78 Å². The van der Waals surface area contributed by atoms with Crippen molar-refractivity contribution in [2.45, 2.75) is 32.7 Å². The van der Waals surface area contributed by atoms with Crippen molar-refractivity contribution < 1.29 is 18.3 Å². The van der Waals surface area contributed by atoms with Crippen molar-refractivity contribution in [3.05, 3.63) is 71.3 Å². The highest BCUT2D eigenvalue weighted by Crippen LogP contribution is 2.37. The van der Waals surface area contributed by atoms with Crippen LogP contribution in [0.25, 0.3) is 0 Å². The first kappa shape index (κ1) is 19.5. The molecule has 3 nitrogen and oxygen atoms in total. The first-order chi connectivity index (χ1) is 13.0. The largest absolute Gasteiger partial charge is 0.466 e. The second-order valence-corrected chi connectivity index (χ2v) is 7.15. The van der Waals surface area contributed by atoms with E-state index in [9.17, 15) is 13.6 Å². The lowest BCUT2D eigenvalue weighted by Gasteiger charge is -2.40. The predicted molar refractivity (Wildman–Crippen MR) is 100 cm³/mol. The number of carbonyl (C=O) groups is 1. The predicted octanol–water partition coefficient (Wildman–Crippen LogP) is 4.35. The summed E-state index contributed by atoms with van der Waals surface area (Å²) in [5, 5.41) is 0. The fraction of sp³-hybridized carbons (Fsp3) is 0.409. The van der Waals surface area contributed by atoms with Crippen LogP contribution in [0.3, 0.4) is 0 Å². The summed E-state index contributed by atoms with van der Waals surface area (Å²) < 4.78 is 32.8. The first-order valence-corrected chi connectivity index (χ1v) is 9.40. The Hall–Kier alpha value is -2.27. The Morgan fingerprint density at radius 3 is 2.44 bits per heavy atom. The summed E-state index contributed by atoms with van der Waals surface area (Å²) in [5.74, 6) is -1.77. The third kappa shape index (κ3) is 4.53. The van der Waals surface area contributed by atoms with E-state index >= 15 is 0 Å². The van der Waals surface area contributed by atoms with Crippen LogP contribution >= 0.6 is 0 Å². The van der Waals surface area contributed by atoms with Crippen LogP contribution in [0.5, 0.6) is 0 Å². The van der Waals surface area contributed by atoms with Gasteiger partial charge in [0.1, 0.15) is 0 Å². The van der Waals surface area contributed by atoms with Gasteiger partial charge in [-0.2, -0.15) is 0 Å². The second-order valence-electron chi connectivity index (χ2n) is 7.15. The van der Waals surface area contributed by atoms with Crippen LogP contribution in [-0.4, -0.2) is 30.6 Å². The van der Waals surface area contributed by atoms with Crippen LogP contribution in [0, 0.1) is 17.0 Å². The summed E-state index contributed by atoms with van der Waals surface area (Å²) in [6.45, 7) is 3.79. The van der Waals surface area contributed by atoms with Crippen LogP contribution in [-0.2, 0) is 22.5 Å². The van der Waals surface area contributed by atoms with Gasteiger partial charge in [-0.3, -0.25) is 9.69 Å². The van der Waals surface area contributed by atoms with Crippen LogP contribution in [0.15, 0.2) is 48.5 Å². The molecule has 2 aromatic rings. The summed E-state index contributed by atoms with van der Waals surface area (Å²) in [6.07, 6.45) is 1.91. The number of ether oxygens (including phenoxy) is 1. The number of likely N-dealkylation sites (tertiary alicyclic amines) is 1. The van der Waals surface area contributed by atoms with Gasteiger partial charge in [0.25, 0.3) is 0 Å². The summed E-state index contributed by atoms with van der Waals surface area (Å²) in [7, 11) is 0. The number of nitrogens with zero attached hydrogens (tertiary/aromatic N) is 1. The second kappa shape index (κ2) is 8.61. The zero-order valence-corrected chi connectivity index (χ0v) is 15.6.